The highest BCUT2D eigenvalue weighted by molar-refractivity contribution is 7.90. The lowest BCUT2D eigenvalue weighted by Crippen LogP contribution is -2.50. The standard InChI is InChI=1S/C15H22ClFN2OS/c1-6-7-9-15(5,19-21(20)14(2,3)4)11-8-10-18-13(17)12(11)16/h6,8,10,19H,1,7,9H2,2-5H3/t15-,21?/m0/s1. The lowest BCUT2D eigenvalue weighted by atomic mass is 9.89. The first-order chi connectivity index (χ1) is 9.62. The molecule has 0 aliphatic rings. The Kier molecular flexibility index (Phi) is 6.23. The van der Waals surface area contributed by atoms with E-state index in [0.29, 0.717) is 18.4 Å². The minimum Gasteiger partial charge on any atom is -0.598 e. The molecule has 0 fully saturated rings. The van der Waals surface area contributed by atoms with Gasteiger partial charge in [-0.25, -0.2) is 4.98 Å². The third kappa shape index (κ3) is 4.68. The molecule has 0 saturated carbocycles. The maximum Gasteiger partial charge on any atom is 0.231 e. The van der Waals surface area contributed by atoms with Gasteiger partial charge >= 0.3 is 0 Å². The zero-order valence-electron chi connectivity index (χ0n) is 12.9. The van der Waals surface area contributed by atoms with Crippen LogP contribution in [0.25, 0.3) is 0 Å². The van der Waals surface area contributed by atoms with Crippen LogP contribution in [0.1, 0.15) is 46.1 Å². The molecule has 1 rings (SSSR count). The quantitative estimate of drug-likeness (QED) is 0.484. The summed E-state index contributed by atoms with van der Waals surface area (Å²) in [6, 6.07) is 1.65. The molecule has 0 radical (unpaired) electrons. The summed E-state index contributed by atoms with van der Waals surface area (Å²) in [6.07, 6.45) is 4.42. The van der Waals surface area contributed by atoms with Gasteiger partial charge in [-0.3, -0.25) is 0 Å². The van der Waals surface area contributed by atoms with Crippen molar-refractivity contribution in [2.45, 2.75) is 50.8 Å². The fourth-order valence-corrected chi connectivity index (χ4v) is 3.08. The van der Waals surface area contributed by atoms with Gasteiger partial charge in [0.15, 0.2) is 0 Å². The summed E-state index contributed by atoms with van der Waals surface area (Å²) in [5, 5.41) is -0.0394. The average molecular weight is 333 g/mol. The average Bonchev–Trinajstić information content (AvgIpc) is 2.38. The monoisotopic (exact) mass is 332 g/mol. The number of hydrogen-bond donors (Lipinski definition) is 1. The van der Waals surface area contributed by atoms with Gasteiger partial charge in [-0.1, -0.05) is 17.7 Å². The van der Waals surface area contributed by atoms with Gasteiger partial charge in [0.05, 0.1) is 5.54 Å². The molecule has 0 aliphatic heterocycles. The highest BCUT2D eigenvalue weighted by Gasteiger charge is 2.38. The molecule has 0 aliphatic carbocycles. The van der Waals surface area contributed by atoms with E-state index >= 15 is 0 Å². The minimum atomic E-state index is -1.31. The Morgan fingerprint density at radius 1 is 1.48 bits per heavy atom. The molecule has 0 amide bonds. The first-order valence-corrected chi connectivity index (χ1v) is 8.25. The number of nitrogens with one attached hydrogen (secondary N) is 1. The summed E-state index contributed by atoms with van der Waals surface area (Å²) in [7, 11) is 0. The van der Waals surface area contributed by atoms with E-state index in [1.807, 2.05) is 27.7 Å². The second-order valence-corrected chi connectivity index (χ2v) is 8.45. The van der Waals surface area contributed by atoms with E-state index in [9.17, 15) is 8.94 Å². The van der Waals surface area contributed by atoms with Gasteiger partial charge in [-0.05, 0) is 46.6 Å². The molecule has 0 saturated heterocycles. The van der Waals surface area contributed by atoms with Gasteiger partial charge < -0.3 is 4.55 Å². The highest BCUT2D eigenvalue weighted by Crippen LogP contribution is 2.34. The molecule has 118 valence electrons. The van der Waals surface area contributed by atoms with Gasteiger partial charge in [0.25, 0.3) is 0 Å². The van der Waals surface area contributed by atoms with Crippen molar-refractivity contribution < 1.29 is 8.94 Å². The lowest BCUT2D eigenvalue weighted by Gasteiger charge is -2.35. The number of pyridine rings is 1. The molecule has 1 heterocycles. The van der Waals surface area contributed by atoms with Crippen molar-refractivity contribution in [3.05, 3.63) is 41.5 Å². The van der Waals surface area contributed by atoms with Gasteiger partial charge in [-0.2, -0.15) is 4.39 Å². The van der Waals surface area contributed by atoms with E-state index in [1.165, 1.54) is 6.20 Å². The van der Waals surface area contributed by atoms with E-state index < -0.39 is 27.6 Å². The van der Waals surface area contributed by atoms with Crippen LogP contribution in [0.3, 0.4) is 0 Å². The van der Waals surface area contributed by atoms with Crippen molar-refractivity contribution in [1.82, 2.24) is 9.71 Å². The third-order valence-electron chi connectivity index (χ3n) is 3.16. The van der Waals surface area contributed by atoms with Crippen LogP contribution in [0.15, 0.2) is 24.9 Å². The molecule has 1 N–H and O–H groups in total. The second kappa shape index (κ2) is 7.09. The molecule has 0 spiro atoms. The van der Waals surface area contributed by atoms with E-state index in [0.717, 1.165) is 0 Å². The van der Waals surface area contributed by atoms with Crippen LogP contribution in [-0.4, -0.2) is 14.3 Å². The summed E-state index contributed by atoms with van der Waals surface area (Å²) in [5.74, 6) is -0.720. The summed E-state index contributed by atoms with van der Waals surface area (Å²) in [6.45, 7) is 11.2. The summed E-state index contributed by atoms with van der Waals surface area (Å²) >= 11 is 4.74. The molecular weight excluding hydrogens is 311 g/mol. The van der Waals surface area contributed by atoms with Crippen LogP contribution in [0.2, 0.25) is 5.02 Å². The van der Waals surface area contributed by atoms with Crippen LogP contribution in [0.4, 0.5) is 4.39 Å². The first kappa shape index (κ1) is 18.4. The fraction of sp³-hybridized carbons (Fsp3) is 0.533. The number of hydrogen-bond acceptors (Lipinski definition) is 3. The highest BCUT2D eigenvalue weighted by atomic mass is 35.5. The van der Waals surface area contributed by atoms with Gasteiger partial charge in [-0.15, -0.1) is 11.3 Å². The molecule has 1 aromatic heterocycles. The fourth-order valence-electron chi connectivity index (χ4n) is 1.83. The van der Waals surface area contributed by atoms with E-state index in [1.54, 1.807) is 12.1 Å². The summed E-state index contributed by atoms with van der Waals surface area (Å²) in [5.41, 5.74) is -0.177. The van der Waals surface area contributed by atoms with Crippen LogP contribution < -0.4 is 4.72 Å². The Bertz CT molecular complexity index is 507. The zero-order valence-corrected chi connectivity index (χ0v) is 14.4. The van der Waals surface area contributed by atoms with Gasteiger partial charge in [0.2, 0.25) is 5.95 Å². The van der Waals surface area contributed by atoms with E-state index in [-0.39, 0.29) is 5.02 Å². The van der Waals surface area contributed by atoms with Crippen LogP contribution in [0, 0.1) is 5.95 Å². The minimum absolute atomic E-state index is 0.0394. The predicted molar refractivity (Wildman–Crippen MR) is 87.0 cm³/mol. The lowest BCUT2D eigenvalue weighted by molar-refractivity contribution is 0.392. The predicted octanol–water partition coefficient (Wildman–Crippen LogP) is 4.11. The van der Waals surface area contributed by atoms with Crippen molar-refractivity contribution in [2.75, 3.05) is 0 Å². The van der Waals surface area contributed by atoms with Crippen molar-refractivity contribution in [3.8, 4) is 0 Å². The van der Waals surface area contributed by atoms with Crippen LogP contribution in [0.5, 0.6) is 0 Å². The number of nitrogens with zero attached hydrogens (tertiary/aromatic N) is 1. The Morgan fingerprint density at radius 2 is 2.10 bits per heavy atom. The largest absolute Gasteiger partial charge is 0.598 e. The van der Waals surface area contributed by atoms with Crippen LogP contribution in [-0.2, 0) is 16.9 Å². The molecule has 1 aromatic rings. The van der Waals surface area contributed by atoms with E-state index in [2.05, 4.69) is 16.3 Å². The summed E-state index contributed by atoms with van der Waals surface area (Å²) < 4.78 is 28.7. The number of halogens is 2. The molecular formula is C15H22ClFN2OS. The normalized spacial score (nSPS) is 16.3. The molecule has 3 nitrogen and oxygen atoms in total. The van der Waals surface area contributed by atoms with Crippen LogP contribution >= 0.6 is 11.6 Å². The number of allylic oxidation sites excluding steroid dienone is 1. The molecule has 1 unspecified atom stereocenters. The molecule has 2 atom stereocenters. The molecule has 0 aromatic carbocycles. The first-order valence-electron chi connectivity index (χ1n) is 6.73. The topological polar surface area (TPSA) is 48.0 Å². The van der Waals surface area contributed by atoms with Crippen molar-refractivity contribution >= 4 is 23.0 Å². The Balaban J connectivity index is 3.20. The Labute approximate surface area is 134 Å². The molecule has 6 heteroatoms. The molecule has 21 heavy (non-hydrogen) atoms. The second-order valence-electron chi connectivity index (χ2n) is 6.11. The summed E-state index contributed by atoms with van der Waals surface area (Å²) in [4.78, 5) is 3.54. The van der Waals surface area contributed by atoms with Crippen molar-refractivity contribution in [3.63, 3.8) is 0 Å². The van der Waals surface area contributed by atoms with Crippen molar-refractivity contribution in [1.29, 1.82) is 0 Å². The maximum atomic E-state index is 13.6. The Hall–Kier alpha value is -0.620. The third-order valence-corrected chi connectivity index (χ3v) is 5.27. The molecule has 0 bridgehead atoms. The number of rotatable bonds is 6. The maximum absolute atomic E-state index is 13.6. The Morgan fingerprint density at radius 3 is 2.62 bits per heavy atom. The van der Waals surface area contributed by atoms with E-state index in [4.69, 9.17) is 11.6 Å². The zero-order chi connectivity index (χ0) is 16.3. The van der Waals surface area contributed by atoms with Crippen molar-refractivity contribution in [2.24, 2.45) is 0 Å². The smallest absolute Gasteiger partial charge is 0.231 e. The van der Waals surface area contributed by atoms with Gasteiger partial charge in [0, 0.05) is 23.1 Å². The van der Waals surface area contributed by atoms with Gasteiger partial charge in [0.1, 0.15) is 9.77 Å². The number of aromatic nitrogens is 1. The SMILES string of the molecule is C=CCC[C@](C)(N[S+]([O-])C(C)(C)C)c1ccnc(F)c1Cl.